The van der Waals surface area contributed by atoms with Crippen molar-refractivity contribution in [3.8, 4) is 0 Å². The van der Waals surface area contributed by atoms with Gasteiger partial charge >= 0.3 is 0 Å². The van der Waals surface area contributed by atoms with E-state index < -0.39 is 0 Å². The second kappa shape index (κ2) is 6.15. The van der Waals surface area contributed by atoms with Crippen LogP contribution in [0.2, 0.25) is 0 Å². The number of benzene rings is 2. The van der Waals surface area contributed by atoms with Crippen LogP contribution in [0.25, 0.3) is 0 Å². The number of rotatable bonds is 3. The maximum atomic E-state index is 6.26. The summed E-state index contributed by atoms with van der Waals surface area (Å²) in [7, 11) is 0. The summed E-state index contributed by atoms with van der Waals surface area (Å²) < 4.78 is 2.50. The first-order valence-electron chi connectivity index (χ1n) is 5.41. The van der Waals surface area contributed by atoms with Gasteiger partial charge in [0.15, 0.2) is 0 Å². The third kappa shape index (κ3) is 3.66. The summed E-state index contributed by atoms with van der Waals surface area (Å²) in [4.78, 5) is 0. The topological polar surface area (TPSA) is 26.0 Å². The normalized spacial score (nSPS) is 12.4. The Morgan fingerprint density at radius 1 is 0.941 bits per heavy atom. The maximum Gasteiger partial charge on any atom is 0.0346 e. The van der Waals surface area contributed by atoms with Crippen LogP contribution in [-0.4, -0.2) is 0 Å². The highest BCUT2D eigenvalue weighted by Gasteiger charge is 2.09. The van der Waals surface area contributed by atoms with E-state index in [9.17, 15) is 0 Å². The van der Waals surface area contributed by atoms with Crippen LogP contribution in [0.15, 0.2) is 48.5 Å². The minimum atomic E-state index is 0.0724. The van der Waals surface area contributed by atoms with E-state index in [1.54, 1.807) is 0 Å². The highest BCUT2D eigenvalue weighted by Crippen LogP contribution is 2.21. The minimum absolute atomic E-state index is 0.0724. The molecule has 0 radical (unpaired) electrons. The average Bonchev–Trinajstić information content (AvgIpc) is 2.32. The Bertz CT molecular complexity index is 494. The van der Waals surface area contributed by atoms with Crippen molar-refractivity contribution in [3.63, 3.8) is 0 Å². The highest BCUT2D eigenvalue weighted by atomic mass is 127. The quantitative estimate of drug-likeness (QED) is 0.701. The van der Waals surface area contributed by atoms with E-state index in [-0.39, 0.29) is 6.04 Å². The van der Waals surface area contributed by atoms with Gasteiger partial charge in [0.2, 0.25) is 0 Å². The van der Waals surface area contributed by atoms with Crippen LogP contribution in [0.5, 0.6) is 0 Å². The molecule has 2 rings (SSSR count). The molecule has 3 heteroatoms. The molecule has 1 unspecified atom stereocenters. The molecule has 0 amide bonds. The monoisotopic (exact) mass is 449 g/mol. The molecule has 0 saturated carbocycles. The molecule has 88 valence electrons. The van der Waals surface area contributed by atoms with E-state index in [0.717, 1.165) is 6.42 Å². The molecule has 0 aliphatic heterocycles. The Morgan fingerprint density at radius 3 is 2.24 bits per heavy atom. The molecule has 0 aliphatic carbocycles. The first kappa shape index (κ1) is 13.3. The number of nitrogens with two attached hydrogens (primary N) is 1. The Hall–Kier alpha value is -0.140. The summed E-state index contributed by atoms with van der Waals surface area (Å²) in [5, 5.41) is 0. The van der Waals surface area contributed by atoms with Crippen molar-refractivity contribution in [3.05, 3.63) is 66.8 Å². The molecule has 1 atom stereocenters. The molecule has 0 saturated heterocycles. The van der Waals surface area contributed by atoms with Crippen LogP contribution >= 0.6 is 45.2 Å². The van der Waals surface area contributed by atoms with Crippen molar-refractivity contribution >= 4 is 45.2 Å². The zero-order valence-corrected chi connectivity index (χ0v) is 13.6. The van der Waals surface area contributed by atoms with E-state index in [4.69, 9.17) is 5.73 Å². The van der Waals surface area contributed by atoms with E-state index in [1.807, 2.05) is 12.1 Å². The molecule has 0 aromatic heterocycles. The van der Waals surface area contributed by atoms with Crippen LogP contribution in [0.3, 0.4) is 0 Å². The van der Waals surface area contributed by atoms with Crippen molar-refractivity contribution in [1.29, 1.82) is 0 Å². The van der Waals surface area contributed by atoms with Crippen LogP contribution < -0.4 is 5.73 Å². The molecule has 0 spiro atoms. The Balaban J connectivity index is 2.14. The zero-order valence-electron chi connectivity index (χ0n) is 9.24. The summed E-state index contributed by atoms with van der Waals surface area (Å²) in [6, 6.07) is 16.9. The second-order valence-electron chi connectivity index (χ2n) is 3.96. The predicted molar refractivity (Wildman–Crippen MR) is 89.0 cm³/mol. The van der Waals surface area contributed by atoms with Gasteiger partial charge in [0.1, 0.15) is 0 Å². The number of hydrogen-bond acceptors (Lipinski definition) is 1. The van der Waals surface area contributed by atoms with Crippen molar-refractivity contribution in [1.82, 2.24) is 0 Å². The fraction of sp³-hybridized carbons (Fsp3) is 0.143. The van der Waals surface area contributed by atoms with Gasteiger partial charge in [-0.05, 0) is 80.9 Å². The Kier molecular flexibility index (Phi) is 4.81. The molecule has 17 heavy (non-hydrogen) atoms. The molecular weight excluding hydrogens is 436 g/mol. The standard InChI is InChI=1S/C14H13I2N/c15-11-7-5-10(6-8-11)9-14(17)12-3-1-2-4-13(12)16/h1-8,14H,9,17H2. The minimum Gasteiger partial charge on any atom is -0.324 e. The molecule has 0 aliphatic rings. The Morgan fingerprint density at radius 2 is 1.59 bits per heavy atom. The summed E-state index contributed by atoms with van der Waals surface area (Å²) in [6.45, 7) is 0. The van der Waals surface area contributed by atoms with Gasteiger partial charge in [0, 0.05) is 13.2 Å². The largest absolute Gasteiger partial charge is 0.324 e. The van der Waals surface area contributed by atoms with Gasteiger partial charge in [-0.1, -0.05) is 30.3 Å². The van der Waals surface area contributed by atoms with E-state index in [1.165, 1.54) is 18.3 Å². The van der Waals surface area contributed by atoms with Gasteiger partial charge in [0.25, 0.3) is 0 Å². The SMILES string of the molecule is NC(Cc1ccc(I)cc1)c1ccccc1I. The van der Waals surface area contributed by atoms with Crippen molar-refractivity contribution in [2.75, 3.05) is 0 Å². The van der Waals surface area contributed by atoms with Gasteiger partial charge in [-0.3, -0.25) is 0 Å². The van der Waals surface area contributed by atoms with Crippen molar-refractivity contribution in [2.45, 2.75) is 12.5 Å². The molecular formula is C14H13I2N. The van der Waals surface area contributed by atoms with E-state index in [2.05, 4.69) is 81.6 Å². The molecule has 0 fully saturated rings. The molecule has 1 nitrogen and oxygen atoms in total. The van der Waals surface area contributed by atoms with Crippen molar-refractivity contribution in [2.24, 2.45) is 5.73 Å². The second-order valence-corrected chi connectivity index (χ2v) is 6.37. The van der Waals surface area contributed by atoms with Crippen LogP contribution in [0, 0.1) is 7.14 Å². The smallest absolute Gasteiger partial charge is 0.0346 e. The lowest BCUT2D eigenvalue weighted by atomic mass is 10.00. The van der Waals surface area contributed by atoms with Gasteiger partial charge in [-0.15, -0.1) is 0 Å². The predicted octanol–water partition coefficient (Wildman–Crippen LogP) is 4.14. The molecule has 0 heterocycles. The van der Waals surface area contributed by atoms with Gasteiger partial charge < -0.3 is 5.73 Å². The third-order valence-electron chi connectivity index (χ3n) is 2.67. The lowest BCUT2D eigenvalue weighted by Gasteiger charge is -2.14. The van der Waals surface area contributed by atoms with Gasteiger partial charge in [0.05, 0.1) is 0 Å². The summed E-state index contributed by atoms with van der Waals surface area (Å²) in [5.74, 6) is 0. The van der Waals surface area contributed by atoms with Gasteiger partial charge in [-0.25, -0.2) is 0 Å². The van der Waals surface area contributed by atoms with Crippen LogP contribution in [0.4, 0.5) is 0 Å². The lowest BCUT2D eigenvalue weighted by Crippen LogP contribution is -2.14. The van der Waals surface area contributed by atoms with E-state index >= 15 is 0 Å². The molecule has 2 aromatic carbocycles. The zero-order chi connectivity index (χ0) is 12.3. The van der Waals surface area contributed by atoms with Gasteiger partial charge in [-0.2, -0.15) is 0 Å². The highest BCUT2D eigenvalue weighted by molar-refractivity contribution is 14.1. The van der Waals surface area contributed by atoms with E-state index in [0.29, 0.717) is 0 Å². The average molecular weight is 449 g/mol. The third-order valence-corrected chi connectivity index (χ3v) is 4.38. The summed E-state index contributed by atoms with van der Waals surface area (Å²) in [6.07, 6.45) is 0.886. The molecule has 0 bridgehead atoms. The van der Waals surface area contributed by atoms with Crippen molar-refractivity contribution < 1.29 is 0 Å². The van der Waals surface area contributed by atoms with Crippen LogP contribution in [0.1, 0.15) is 17.2 Å². The molecule has 2 N–H and O–H groups in total. The van der Waals surface area contributed by atoms with Crippen LogP contribution in [-0.2, 0) is 6.42 Å². The fourth-order valence-electron chi connectivity index (χ4n) is 1.76. The summed E-state index contributed by atoms with van der Waals surface area (Å²) >= 11 is 4.66. The Labute approximate surface area is 129 Å². The molecule has 2 aromatic rings. The lowest BCUT2D eigenvalue weighted by molar-refractivity contribution is 0.718. The summed E-state index contributed by atoms with van der Waals surface area (Å²) in [5.41, 5.74) is 8.78. The number of halogens is 2. The first-order valence-corrected chi connectivity index (χ1v) is 7.57. The fourth-order valence-corrected chi connectivity index (χ4v) is 2.91. The number of hydrogen-bond donors (Lipinski definition) is 1. The maximum absolute atomic E-state index is 6.26. The first-order chi connectivity index (χ1) is 8.16.